The summed E-state index contributed by atoms with van der Waals surface area (Å²) >= 11 is 6.10. The van der Waals surface area contributed by atoms with Crippen molar-refractivity contribution in [3.05, 3.63) is 53.1 Å². The van der Waals surface area contributed by atoms with Crippen LogP contribution in [0, 0.1) is 5.92 Å². The van der Waals surface area contributed by atoms with E-state index in [1.807, 2.05) is 38.1 Å². The predicted molar refractivity (Wildman–Crippen MR) is 111 cm³/mol. The Balaban J connectivity index is 1.99. The number of benzene rings is 2. The molecule has 27 heavy (non-hydrogen) atoms. The summed E-state index contributed by atoms with van der Waals surface area (Å²) in [5.41, 5.74) is 8.36. The number of hydrogen-bond acceptors (Lipinski definition) is 3. The third kappa shape index (κ3) is 6.18. The summed E-state index contributed by atoms with van der Waals surface area (Å²) in [6.07, 6.45) is 0.799. The number of halogens is 1. The van der Waals surface area contributed by atoms with Crippen LogP contribution in [0.25, 0.3) is 0 Å². The Morgan fingerprint density at radius 3 is 2.63 bits per heavy atom. The zero-order chi connectivity index (χ0) is 19.8. The molecular formula is C20H25ClN4O2. The Morgan fingerprint density at radius 1 is 1.22 bits per heavy atom. The predicted octanol–water partition coefficient (Wildman–Crippen LogP) is 4.26. The summed E-state index contributed by atoms with van der Waals surface area (Å²) < 4.78 is 5.12. The number of carbonyl (C=O) groups is 1. The maximum absolute atomic E-state index is 12.0. The first-order valence-electron chi connectivity index (χ1n) is 8.73. The van der Waals surface area contributed by atoms with E-state index in [0.717, 1.165) is 23.4 Å². The Kier molecular flexibility index (Phi) is 7.49. The van der Waals surface area contributed by atoms with Crippen molar-refractivity contribution >= 4 is 34.8 Å². The van der Waals surface area contributed by atoms with Gasteiger partial charge in [0.2, 0.25) is 5.91 Å². The molecule has 1 unspecified atom stereocenters. The Bertz CT molecular complexity index is 823. The van der Waals surface area contributed by atoms with Gasteiger partial charge in [-0.05, 0) is 42.3 Å². The Morgan fingerprint density at radius 2 is 1.96 bits per heavy atom. The average Bonchev–Trinajstić information content (AvgIpc) is 2.66. The highest BCUT2D eigenvalue weighted by Gasteiger charge is 2.10. The van der Waals surface area contributed by atoms with Crippen molar-refractivity contribution in [2.75, 3.05) is 17.7 Å². The highest BCUT2D eigenvalue weighted by Crippen LogP contribution is 2.27. The van der Waals surface area contributed by atoms with Gasteiger partial charge in [0.15, 0.2) is 5.96 Å². The van der Waals surface area contributed by atoms with E-state index in [1.165, 1.54) is 0 Å². The molecule has 0 saturated carbocycles. The number of nitrogens with two attached hydrogens (primary N) is 1. The fourth-order valence-electron chi connectivity index (χ4n) is 2.31. The zero-order valence-electron chi connectivity index (χ0n) is 15.8. The van der Waals surface area contributed by atoms with Crippen molar-refractivity contribution in [1.82, 2.24) is 0 Å². The number of guanidine groups is 1. The summed E-state index contributed by atoms with van der Waals surface area (Å²) in [6.45, 7) is 4.28. The number of hydrogen-bond donors (Lipinski definition) is 3. The van der Waals surface area contributed by atoms with Crippen LogP contribution in [0.1, 0.15) is 25.8 Å². The standard InChI is InChI=1S/C20H25ClN4O2/c1-4-13(2)19(26)24-15-7-5-6-14(10-15)12-23-20(22)25-16-8-9-18(27-3)17(21)11-16/h5-11,13H,4,12H2,1-3H3,(H,24,26)(H3,22,23,25). The van der Waals surface area contributed by atoms with Crippen molar-refractivity contribution < 1.29 is 9.53 Å². The Labute approximate surface area is 164 Å². The van der Waals surface area contributed by atoms with Gasteiger partial charge in [-0.3, -0.25) is 4.79 Å². The third-order valence-corrected chi connectivity index (χ3v) is 4.41. The molecule has 0 saturated heterocycles. The number of aliphatic imine (C=N–C) groups is 1. The van der Waals surface area contributed by atoms with E-state index in [0.29, 0.717) is 17.3 Å². The van der Waals surface area contributed by atoms with Crippen molar-refractivity contribution in [1.29, 1.82) is 0 Å². The number of ether oxygens (including phenoxy) is 1. The molecule has 2 rings (SSSR count). The summed E-state index contributed by atoms with van der Waals surface area (Å²) in [5.74, 6) is 0.845. The SMILES string of the molecule is CCC(C)C(=O)Nc1cccc(CN=C(N)Nc2ccc(OC)c(Cl)c2)c1. The topological polar surface area (TPSA) is 88.7 Å². The summed E-state index contributed by atoms with van der Waals surface area (Å²) in [5, 5.41) is 6.39. The van der Waals surface area contributed by atoms with Gasteiger partial charge in [-0.2, -0.15) is 0 Å². The molecule has 2 aromatic carbocycles. The van der Waals surface area contributed by atoms with Crippen molar-refractivity contribution in [2.24, 2.45) is 16.6 Å². The molecule has 1 amide bonds. The van der Waals surface area contributed by atoms with Crippen molar-refractivity contribution in [3.8, 4) is 5.75 Å². The minimum Gasteiger partial charge on any atom is -0.495 e. The van der Waals surface area contributed by atoms with Crippen LogP contribution in [-0.2, 0) is 11.3 Å². The monoisotopic (exact) mass is 388 g/mol. The number of carbonyl (C=O) groups excluding carboxylic acids is 1. The lowest BCUT2D eigenvalue weighted by Gasteiger charge is -2.11. The summed E-state index contributed by atoms with van der Waals surface area (Å²) in [4.78, 5) is 16.3. The van der Waals surface area contributed by atoms with Crippen LogP contribution in [0.3, 0.4) is 0 Å². The molecule has 4 N–H and O–H groups in total. The van der Waals surface area contributed by atoms with E-state index < -0.39 is 0 Å². The van der Waals surface area contributed by atoms with Crippen molar-refractivity contribution in [2.45, 2.75) is 26.8 Å². The van der Waals surface area contributed by atoms with Crippen LogP contribution >= 0.6 is 11.6 Å². The summed E-state index contributed by atoms with van der Waals surface area (Å²) in [6, 6.07) is 12.8. The van der Waals surface area contributed by atoms with Gasteiger partial charge in [-0.1, -0.05) is 37.6 Å². The molecule has 0 aliphatic heterocycles. The lowest BCUT2D eigenvalue weighted by atomic mass is 10.1. The van der Waals surface area contributed by atoms with E-state index >= 15 is 0 Å². The molecular weight excluding hydrogens is 364 g/mol. The number of amides is 1. The minimum atomic E-state index is -0.0251. The highest BCUT2D eigenvalue weighted by molar-refractivity contribution is 6.32. The van der Waals surface area contributed by atoms with Gasteiger partial charge < -0.3 is 21.1 Å². The molecule has 0 aromatic heterocycles. The summed E-state index contributed by atoms with van der Waals surface area (Å²) in [7, 11) is 1.56. The molecule has 2 aromatic rings. The molecule has 1 atom stereocenters. The second-order valence-corrected chi connectivity index (χ2v) is 6.58. The fourth-order valence-corrected chi connectivity index (χ4v) is 2.56. The molecule has 6 nitrogen and oxygen atoms in total. The van der Waals surface area contributed by atoms with Gasteiger partial charge in [-0.15, -0.1) is 0 Å². The number of nitrogens with one attached hydrogen (secondary N) is 2. The molecule has 0 bridgehead atoms. The number of methoxy groups -OCH3 is 1. The van der Waals surface area contributed by atoms with Crippen LogP contribution < -0.4 is 21.1 Å². The first-order chi connectivity index (χ1) is 12.9. The first-order valence-corrected chi connectivity index (χ1v) is 9.11. The second kappa shape index (κ2) is 9.83. The lowest BCUT2D eigenvalue weighted by molar-refractivity contribution is -0.119. The van der Waals surface area contributed by atoms with E-state index in [1.54, 1.807) is 25.3 Å². The van der Waals surface area contributed by atoms with Gasteiger partial charge in [0.25, 0.3) is 0 Å². The quantitative estimate of drug-likeness (QED) is 0.488. The first kappa shape index (κ1) is 20.6. The van der Waals surface area contributed by atoms with Crippen LogP contribution in [0.2, 0.25) is 5.02 Å². The third-order valence-electron chi connectivity index (χ3n) is 4.11. The van der Waals surface area contributed by atoms with Crippen LogP contribution in [-0.4, -0.2) is 19.0 Å². The normalized spacial score (nSPS) is 12.4. The van der Waals surface area contributed by atoms with E-state index in [9.17, 15) is 4.79 Å². The van der Waals surface area contributed by atoms with Crippen LogP contribution in [0.15, 0.2) is 47.5 Å². The van der Waals surface area contributed by atoms with E-state index in [4.69, 9.17) is 22.1 Å². The molecule has 0 fully saturated rings. The maximum atomic E-state index is 12.0. The lowest BCUT2D eigenvalue weighted by Crippen LogP contribution is -2.22. The van der Waals surface area contributed by atoms with Crippen molar-refractivity contribution in [3.63, 3.8) is 0 Å². The molecule has 0 aliphatic carbocycles. The number of anilines is 2. The largest absolute Gasteiger partial charge is 0.495 e. The number of rotatable bonds is 7. The van der Waals surface area contributed by atoms with Gasteiger partial charge >= 0.3 is 0 Å². The van der Waals surface area contributed by atoms with E-state index in [-0.39, 0.29) is 17.8 Å². The van der Waals surface area contributed by atoms with Gasteiger partial charge in [0, 0.05) is 17.3 Å². The zero-order valence-corrected chi connectivity index (χ0v) is 16.5. The van der Waals surface area contributed by atoms with Gasteiger partial charge in [-0.25, -0.2) is 4.99 Å². The molecule has 7 heteroatoms. The molecule has 144 valence electrons. The molecule has 0 heterocycles. The van der Waals surface area contributed by atoms with Gasteiger partial charge in [0.1, 0.15) is 5.75 Å². The fraction of sp³-hybridized carbons (Fsp3) is 0.300. The van der Waals surface area contributed by atoms with Crippen LogP contribution in [0.4, 0.5) is 11.4 Å². The van der Waals surface area contributed by atoms with Gasteiger partial charge in [0.05, 0.1) is 18.7 Å². The average molecular weight is 389 g/mol. The Hall–Kier alpha value is -2.73. The number of nitrogens with zero attached hydrogens (tertiary/aromatic N) is 1. The highest BCUT2D eigenvalue weighted by atomic mass is 35.5. The molecule has 0 radical (unpaired) electrons. The van der Waals surface area contributed by atoms with Crippen LogP contribution in [0.5, 0.6) is 5.75 Å². The molecule has 0 spiro atoms. The molecule has 0 aliphatic rings. The smallest absolute Gasteiger partial charge is 0.227 e. The van der Waals surface area contributed by atoms with E-state index in [2.05, 4.69) is 15.6 Å². The maximum Gasteiger partial charge on any atom is 0.227 e. The second-order valence-electron chi connectivity index (χ2n) is 6.17. The minimum absolute atomic E-state index is 0.00992.